The first-order chi connectivity index (χ1) is 5.70. The number of rotatable bonds is 0. The Hall–Kier alpha value is -1.22. The number of phenolic OH excluding ortho intramolecular Hbond substituents is 2. The standard InChI is InChI=1S/C9H8O2S/c1-5-4-7(10)9-6(8(5)11)2-3-12-9/h2-4,10-11H,1H3. The largest absolute Gasteiger partial charge is 0.507 e. The van der Waals surface area contributed by atoms with E-state index in [0.29, 0.717) is 5.56 Å². The van der Waals surface area contributed by atoms with Gasteiger partial charge in [0.2, 0.25) is 0 Å². The lowest BCUT2D eigenvalue weighted by Crippen LogP contribution is -1.75. The molecule has 1 aromatic carbocycles. The topological polar surface area (TPSA) is 40.5 Å². The second-order valence-corrected chi connectivity index (χ2v) is 3.64. The summed E-state index contributed by atoms with van der Waals surface area (Å²) in [5, 5.41) is 21.6. The second-order valence-electron chi connectivity index (χ2n) is 2.72. The van der Waals surface area contributed by atoms with Gasteiger partial charge >= 0.3 is 0 Å². The summed E-state index contributed by atoms with van der Waals surface area (Å²) in [5.74, 6) is 0.513. The maximum atomic E-state index is 9.57. The molecule has 0 amide bonds. The van der Waals surface area contributed by atoms with Crippen LogP contribution in [0.4, 0.5) is 0 Å². The third-order valence-electron chi connectivity index (χ3n) is 1.88. The molecule has 0 bridgehead atoms. The summed E-state index contributed by atoms with van der Waals surface area (Å²) in [7, 11) is 0. The van der Waals surface area contributed by atoms with Crippen molar-refractivity contribution in [1.82, 2.24) is 0 Å². The van der Waals surface area contributed by atoms with E-state index in [9.17, 15) is 10.2 Å². The summed E-state index contributed by atoms with van der Waals surface area (Å²) in [6, 6.07) is 3.39. The quantitative estimate of drug-likeness (QED) is 0.612. The van der Waals surface area contributed by atoms with Gasteiger partial charge in [-0.2, -0.15) is 0 Å². The van der Waals surface area contributed by atoms with E-state index in [1.54, 1.807) is 13.0 Å². The molecule has 0 aliphatic heterocycles. The van der Waals surface area contributed by atoms with E-state index in [1.807, 2.05) is 11.4 Å². The van der Waals surface area contributed by atoms with Crippen molar-refractivity contribution in [3.63, 3.8) is 0 Å². The average Bonchev–Trinajstić information content (AvgIpc) is 2.48. The Bertz CT molecular complexity index is 431. The van der Waals surface area contributed by atoms with Gasteiger partial charge in [0.05, 0.1) is 4.70 Å². The first kappa shape index (κ1) is 7.43. The van der Waals surface area contributed by atoms with Crippen LogP contribution in [0.5, 0.6) is 11.5 Å². The zero-order valence-corrected chi connectivity index (χ0v) is 7.35. The van der Waals surface area contributed by atoms with E-state index in [0.717, 1.165) is 10.1 Å². The van der Waals surface area contributed by atoms with Crippen LogP contribution in [-0.2, 0) is 0 Å². The highest BCUT2D eigenvalue weighted by molar-refractivity contribution is 7.17. The maximum absolute atomic E-state index is 9.57. The van der Waals surface area contributed by atoms with Gasteiger partial charge in [0, 0.05) is 5.39 Å². The molecular weight excluding hydrogens is 172 g/mol. The van der Waals surface area contributed by atoms with Crippen LogP contribution in [0.25, 0.3) is 10.1 Å². The number of aromatic hydroxyl groups is 2. The highest BCUT2D eigenvalue weighted by Crippen LogP contribution is 2.38. The van der Waals surface area contributed by atoms with Crippen LogP contribution in [0.1, 0.15) is 5.56 Å². The second kappa shape index (κ2) is 2.38. The minimum atomic E-state index is 0.246. The lowest BCUT2D eigenvalue weighted by atomic mass is 10.1. The van der Waals surface area contributed by atoms with Gasteiger partial charge < -0.3 is 10.2 Å². The molecular formula is C9H8O2S. The Morgan fingerprint density at radius 2 is 2.08 bits per heavy atom. The van der Waals surface area contributed by atoms with Crippen LogP contribution in [-0.4, -0.2) is 10.2 Å². The van der Waals surface area contributed by atoms with Crippen LogP contribution in [0, 0.1) is 6.92 Å². The molecule has 1 heterocycles. The van der Waals surface area contributed by atoms with E-state index in [1.165, 1.54) is 11.3 Å². The van der Waals surface area contributed by atoms with Crippen molar-refractivity contribution in [3.8, 4) is 11.5 Å². The molecule has 2 nitrogen and oxygen atoms in total. The molecule has 0 aliphatic rings. The van der Waals surface area contributed by atoms with Crippen molar-refractivity contribution in [2.45, 2.75) is 6.92 Å². The fourth-order valence-corrected chi connectivity index (χ4v) is 2.06. The van der Waals surface area contributed by atoms with Crippen LogP contribution < -0.4 is 0 Å². The summed E-state index contributed by atoms with van der Waals surface area (Å²) < 4.78 is 0.748. The zero-order chi connectivity index (χ0) is 8.72. The number of phenols is 2. The summed E-state index contributed by atoms with van der Waals surface area (Å²) in [5.41, 5.74) is 0.707. The predicted octanol–water partition coefficient (Wildman–Crippen LogP) is 2.62. The molecule has 0 fully saturated rings. The number of benzene rings is 1. The molecule has 0 spiro atoms. The van der Waals surface area contributed by atoms with Gasteiger partial charge in [0.15, 0.2) is 0 Å². The third kappa shape index (κ3) is 0.865. The Balaban J connectivity index is 2.97. The number of hydrogen-bond donors (Lipinski definition) is 2. The number of fused-ring (bicyclic) bond motifs is 1. The van der Waals surface area contributed by atoms with Gasteiger partial charge in [-0.1, -0.05) is 0 Å². The number of thiophene rings is 1. The molecule has 0 radical (unpaired) electrons. The lowest BCUT2D eigenvalue weighted by molar-refractivity contribution is 0.467. The van der Waals surface area contributed by atoms with E-state index in [4.69, 9.17) is 0 Å². The molecule has 0 saturated carbocycles. The van der Waals surface area contributed by atoms with E-state index >= 15 is 0 Å². The molecule has 2 rings (SSSR count). The Labute approximate surface area is 73.7 Å². The zero-order valence-electron chi connectivity index (χ0n) is 6.53. The summed E-state index contributed by atoms with van der Waals surface area (Å²) in [6.45, 7) is 1.77. The molecule has 12 heavy (non-hydrogen) atoms. The first-order valence-corrected chi connectivity index (χ1v) is 4.47. The van der Waals surface area contributed by atoms with Crippen molar-refractivity contribution < 1.29 is 10.2 Å². The van der Waals surface area contributed by atoms with E-state index < -0.39 is 0 Å². The van der Waals surface area contributed by atoms with E-state index in [2.05, 4.69) is 0 Å². The number of aryl methyl sites for hydroxylation is 1. The summed E-state index contributed by atoms with van der Waals surface area (Å²) in [4.78, 5) is 0. The average molecular weight is 180 g/mol. The molecule has 2 N–H and O–H groups in total. The highest BCUT2D eigenvalue weighted by Gasteiger charge is 2.08. The molecule has 0 saturated heterocycles. The molecule has 0 atom stereocenters. The minimum absolute atomic E-state index is 0.246. The summed E-state index contributed by atoms with van der Waals surface area (Å²) in [6.07, 6.45) is 0. The molecule has 1 aromatic heterocycles. The van der Waals surface area contributed by atoms with Crippen LogP contribution in [0.2, 0.25) is 0 Å². The Kier molecular flexibility index (Phi) is 1.48. The van der Waals surface area contributed by atoms with Gasteiger partial charge in [-0.05, 0) is 30.0 Å². The van der Waals surface area contributed by atoms with Gasteiger partial charge in [-0.25, -0.2) is 0 Å². The molecule has 62 valence electrons. The first-order valence-electron chi connectivity index (χ1n) is 3.59. The molecule has 0 unspecified atom stereocenters. The predicted molar refractivity (Wildman–Crippen MR) is 49.9 cm³/mol. The lowest BCUT2D eigenvalue weighted by Gasteiger charge is -2.01. The molecule has 0 aliphatic carbocycles. The van der Waals surface area contributed by atoms with Crippen molar-refractivity contribution >= 4 is 21.4 Å². The smallest absolute Gasteiger partial charge is 0.133 e. The van der Waals surface area contributed by atoms with Gasteiger partial charge in [0.1, 0.15) is 11.5 Å². The third-order valence-corrected chi connectivity index (χ3v) is 2.82. The van der Waals surface area contributed by atoms with E-state index in [-0.39, 0.29) is 11.5 Å². The van der Waals surface area contributed by atoms with Crippen molar-refractivity contribution in [2.24, 2.45) is 0 Å². The minimum Gasteiger partial charge on any atom is -0.507 e. The Morgan fingerprint density at radius 1 is 1.33 bits per heavy atom. The van der Waals surface area contributed by atoms with Gasteiger partial charge in [-0.3, -0.25) is 0 Å². The molecule has 3 heteroatoms. The van der Waals surface area contributed by atoms with Crippen molar-refractivity contribution in [2.75, 3.05) is 0 Å². The van der Waals surface area contributed by atoms with Crippen LogP contribution in [0.3, 0.4) is 0 Å². The normalized spacial score (nSPS) is 10.8. The number of hydrogen-bond acceptors (Lipinski definition) is 3. The monoisotopic (exact) mass is 180 g/mol. The van der Waals surface area contributed by atoms with Crippen LogP contribution in [0.15, 0.2) is 17.5 Å². The fraction of sp³-hybridized carbons (Fsp3) is 0.111. The fourth-order valence-electron chi connectivity index (χ4n) is 1.25. The highest BCUT2D eigenvalue weighted by atomic mass is 32.1. The maximum Gasteiger partial charge on any atom is 0.133 e. The summed E-state index contributed by atoms with van der Waals surface area (Å²) >= 11 is 1.43. The van der Waals surface area contributed by atoms with Crippen LogP contribution >= 0.6 is 11.3 Å². The SMILES string of the molecule is Cc1cc(O)c2sccc2c1O. The Morgan fingerprint density at radius 3 is 2.83 bits per heavy atom. The van der Waals surface area contributed by atoms with Crippen molar-refractivity contribution in [3.05, 3.63) is 23.1 Å². The molecule has 2 aromatic rings. The van der Waals surface area contributed by atoms with Gasteiger partial charge in [0.25, 0.3) is 0 Å². The van der Waals surface area contributed by atoms with Crippen molar-refractivity contribution in [1.29, 1.82) is 0 Å². The van der Waals surface area contributed by atoms with Gasteiger partial charge in [-0.15, -0.1) is 11.3 Å².